The van der Waals surface area contributed by atoms with Crippen molar-refractivity contribution in [3.63, 3.8) is 0 Å². The maximum Gasteiger partial charge on any atom is 0.339 e. The molecular formula is C13H14O5. The second kappa shape index (κ2) is 5.86. The van der Waals surface area contributed by atoms with Gasteiger partial charge in [-0.15, -0.1) is 0 Å². The largest absolute Gasteiger partial charge is 0.507 e. The first-order chi connectivity index (χ1) is 8.56. The highest BCUT2D eigenvalue weighted by atomic mass is 16.5. The summed E-state index contributed by atoms with van der Waals surface area (Å²) in [6.45, 7) is 5.05. The van der Waals surface area contributed by atoms with Gasteiger partial charge in [-0.25, -0.2) is 4.79 Å². The van der Waals surface area contributed by atoms with Gasteiger partial charge < -0.3 is 14.6 Å². The zero-order chi connectivity index (χ0) is 13.7. The van der Waals surface area contributed by atoms with E-state index in [1.807, 2.05) is 0 Å². The molecule has 1 N–H and O–H groups in total. The Kier molecular flexibility index (Phi) is 4.48. The number of rotatable bonds is 5. The summed E-state index contributed by atoms with van der Waals surface area (Å²) in [5, 5.41) is 9.66. The van der Waals surface area contributed by atoms with Gasteiger partial charge in [-0.05, 0) is 6.92 Å². The lowest BCUT2D eigenvalue weighted by molar-refractivity contribution is 0.0545. The first kappa shape index (κ1) is 13.8. The molecule has 0 amide bonds. The van der Waals surface area contributed by atoms with Crippen LogP contribution in [-0.4, -0.2) is 31.1 Å². The van der Waals surface area contributed by atoms with E-state index in [-0.39, 0.29) is 23.5 Å². The predicted molar refractivity (Wildman–Crippen MR) is 65.3 cm³/mol. The summed E-state index contributed by atoms with van der Waals surface area (Å²) < 4.78 is 9.89. The number of aromatic hydroxyl groups is 1. The molecule has 1 aromatic carbocycles. The molecule has 18 heavy (non-hydrogen) atoms. The van der Waals surface area contributed by atoms with Crippen molar-refractivity contribution in [1.82, 2.24) is 0 Å². The number of benzene rings is 1. The second-order valence-corrected chi connectivity index (χ2v) is 3.52. The molecule has 1 rings (SSSR count). The number of aldehydes is 1. The van der Waals surface area contributed by atoms with Crippen molar-refractivity contribution in [2.75, 3.05) is 13.7 Å². The van der Waals surface area contributed by atoms with E-state index in [4.69, 9.17) is 9.47 Å². The molecule has 0 aliphatic carbocycles. The Bertz CT molecular complexity index is 491. The first-order valence-corrected chi connectivity index (χ1v) is 5.20. The Morgan fingerprint density at radius 2 is 2.22 bits per heavy atom. The fraction of sp³-hybridized carbons (Fsp3) is 0.231. The van der Waals surface area contributed by atoms with E-state index in [0.717, 1.165) is 0 Å². The van der Waals surface area contributed by atoms with Crippen molar-refractivity contribution >= 4 is 12.3 Å². The maximum atomic E-state index is 11.8. The van der Waals surface area contributed by atoms with Crippen LogP contribution in [0.15, 0.2) is 18.7 Å². The topological polar surface area (TPSA) is 72.8 Å². The third-order valence-electron chi connectivity index (χ3n) is 2.43. The van der Waals surface area contributed by atoms with Crippen molar-refractivity contribution in [3.05, 3.63) is 35.4 Å². The highest BCUT2D eigenvalue weighted by molar-refractivity contribution is 6.02. The van der Waals surface area contributed by atoms with Gasteiger partial charge >= 0.3 is 5.97 Å². The van der Waals surface area contributed by atoms with Crippen LogP contribution in [0.3, 0.4) is 0 Å². The Morgan fingerprint density at radius 3 is 2.72 bits per heavy atom. The molecule has 0 radical (unpaired) electrons. The van der Waals surface area contributed by atoms with Gasteiger partial charge in [-0.2, -0.15) is 0 Å². The quantitative estimate of drug-likeness (QED) is 0.490. The highest BCUT2D eigenvalue weighted by Gasteiger charge is 2.22. The lowest BCUT2D eigenvalue weighted by atomic mass is 10.0. The molecule has 0 bridgehead atoms. The molecule has 0 saturated heterocycles. The number of carbonyl (C=O) groups is 2. The lowest BCUT2D eigenvalue weighted by Gasteiger charge is -2.13. The van der Waals surface area contributed by atoms with E-state index in [1.54, 1.807) is 6.92 Å². The fourth-order valence-electron chi connectivity index (χ4n) is 1.56. The summed E-state index contributed by atoms with van der Waals surface area (Å²) in [6, 6.07) is 1.28. The van der Waals surface area contributed by atoms with Crippen molar-refractivity contribution in [3.8, 4) is 11.5 Å². The fourth-order valence-corrected chi connectivity index (χ4v) is 1.56. The van der Waals surface area contributed by atoms with E-state index in [2.05, 4.69) is 6.58 Å². The van der Waals surface area contributed by atoms with Gasteiger partial charge in [0.1, 0.15) is 18.1 Å². The minimum absolute atomic E-state index is 0.00343. The van der Waals surface area contributed by atoms with E-state index in [9.17, 15) is 14.7 Å². The molecule has 0 atom stereocenters. The standard InChI is InChI=1S/C13H14O5/c1-4-5-18-13(16)12-8(2)11(17-3)6-10(15)9(12)7-14/h4,6-7,15H,1,5H2,2-3H3. The van der Waals surface area contributed by atoms with Gasteiger partial charge in [0.2, 0.25) is 0 Å². The van der Waals surface area contributed by atoms with Gasteiger partial charge in [0, 0.05) is 11.6 Å². The predicted octanol–water partition coefficient (Wildman–Crippen LogP) is 1.86. The van der Waals surface area contributed by atoms with E-state index in [0.29, 0.717) is 17.6 Å². The number of esters is 1. The Labute approximate surface area is 105 Å². The van der Waals surface area contributed by atoms with Gasteiger partial charge in [0.25, 0.3) is 0 Å². The van der Waals surface area contributed by atoms with Crippen LogP contribution in [0.5, 0.6) is 11.5 Å². The molecule has 1 aromatic rings. The third kappa shape index (κ3) is 2.51. The molecule has 5 nitrogen and oxygen atoms in total. The highest BCUT2D eigenvalue weighted by Crippen LogP contribution is 2.31. The van der Waals surface area contributed by atoms with Crippen LogP contribution in [0.1, 0.15) is 26.3 Å². The van der Waals surface area contributed by atoms with Crippen LogP contribution in [0.2, 0.25) is 0 Å². The molecule has 0 fully saturated rings. The third-order valence-corrected chi connectivity index (χ3v) is 2.43. The van der Waals surface area contributed by atoms with Crippen LogP contribution in [0.25, 0.3) is 0 Å². The van der Waals surface area contributed by atoms with Crippen LogP contribution in [0, 0.1) is 6.92 Å². The molecule has 0 aromatic heterocycles. The summed E-state index contributed by atoms with van der Waals surface area (Å²) >= 11 is 0. The van der Waals surface area contributed by atoms with Crippen LogP contribution in [0.4, 0.5) is 0 Å². The number of phenols is 1. The first-order valence-electron chi connectivity index (χ1n) is 5.20. The van der Waals surface area contributed by atoms with Gasteiger partial charge in [0.15, 0.2) is 6.29 Å². The zero-order valence-corrected chi connectivity index (χ0v) is 10.2. The number of carbonyl (C=O) groups excluding carboxylic acids is 2. The molecule has 0 saturated carbocycles. The molecule has 96 valence electrons. The summed E-state index contributed by atoms with van der Waals surface area (Å²) in [7, 11) is 1.40. The van der Waals surface area contributed by atoms with Crippen molar-refractivity contribution in [1.29, 1.82) is 0 Å². The molecule has 0 spiro atoms. The average molecular weight is 250 g/mol. The summed E-state index contributed by atoms with van der Waals surface area (Å²) in [5.74, 6) is -0.717. The van der Waals surface area contributed by atoms with Gasteiger partial charge in [0.05, 0.1) is 18.2 Å². The van der Waals surface area contributed by atoms with Gasteiger partial charge in [-0.3, -0.25) is 4.79 Å². The second-order valence-electron chi connectivity index (χ2n) is 3.52. The van der Waals surface area contributed by atoms with Crippen LogP contribution in [-0.2, 0) is 4.74 Å². The van der Waals surface area contributed by atoms with E-state index < -0.39 is 5.97 Å². The summed E-state index contributed by atoms with van der Waals surface area (Å²) in [4.78, 5) is 22.8. The van der Waals surface area contributed by atoms with E-state index in [1.165, 1.54) is 19.3 Å². The SMILES string of the molecule is C=CCOC(=O)c1c(C)c(OC)cc(O)c1C=O. The lowest BCUT2D eigenvalue weighted by Crippen LogP contribution is -2.11. The monoisotopic (exact) mass is 250 g/mol. The van der Waals surface area contributed by atoms with Crippen LogP contribution < -0.4 is 4.74 Å². The normalized spacial score (nSPS) is 9.67. The molecular weight excluding hydrogens is 236 g/mol. The van der Waals surface area contributed by atoms with Crippen molar-refractivity contribution in [2.45, 2.75) is 6.92 Å². The summed E-state index contributed by atoms with van der Waals surface area (Å²) in [5.41, 5.74) is 0.331. The Balaban J connectivity index is 3.38. The van der Waals surface area contributed by atoms with Crippen molar-refractivity contribution in [2.24, 2.45) is 0 Å². The number of hydrogen-bond donors (Lipinski definition) is 1. The van der Waals surface area contributed by atoms with E-state index >= 15 is 0 Å². The van der Waals surface area contributed by atoms with Crippen molar-refractivity contribution < 1.29 is 24.2 Å². The van der Waals surface area contributed by atoms with Gasteiger partial charge in [-0.1, -0.05) is 12.7 Å². The smallest absolute Gasteiger partial charge is 0.339 e. The average Bonchev–Trinajstić information content (AvgIpc) is 2.37. The number of ether oxygens (including phenoxy) is 2. The minimum Gasteiger partial charge on any atom is -0.507 e. The number of methoxy groups -OCH3 is 1. The molecule has 0 heterocycles. The van der Waals surface area contributed by atoms with Crippen LogP contribution >= 0.6 is 0 Å². The maximum absolute atomic E-state index is 11.8. The zero-order valence-electron chi connectivity index (χ0n) is 10.2. The Morgan fingerprint density at radius 1 is 1.56 bits per heavy atom. The molecule has 0 aliphatic heterocycles. The minimum atomic E-state index is -0.705. The Hall–Kier alpha value is -2.30. The molecule has 0 unspecified atom stereocenters. The molecule has 0 aliphatic rings. The number of hydrogen-bond acceptors (Lipinski definition) is 5. The summed E-state index contributed by atoms with van der Waals surface area (Å²) in [6.07, 6.45) is 1.82. The molecule has 5 heteroatoms. The number of phenolic OH excluding ortho intramolecular Hbond substituents is 1.